The van der Waals surface area contributed by atoms with E-state index >= 15 is 0 Å². The van der Waals surface area contributed by atoms with Crippen LogP contribution in [0.5, 0.6) is 0 Å². The number of anilines is 1. The summed E-state index contributed by atoms with van der Waals surface area (Å²) in [5.74, 6) is 0. The maximum absolute atomic E-state index is 6.21. The number of benzene rings is 2. The Bertz CT molecular complexity index is 541. The van der Waals surface area contributed by atoms with Gasteiger partial charge in [0.05, 0.1) is 0 Å². The standard InChI is InChI=1S/C17H20ClN/c1-17(2,3)14-9-13(10-15(18)11-14)12-19-16-7-5-4-6-8-16/h4-11,19H,12H2,1-3H3. The summed E-state index contributed by atoms with van der Waals surface area (Å²) in [6, 6.07) is 16.5. The second kappa shape index (κ2) is 5.66. The van der Waals surface area contributed by atoms with Gasteiger partial charge in [-0.15, -0.1) is 0 Å². The summed E-state index contributed by atoms with van der Waals surface area (Å²) in [5.41, 5.74) is 3.72. The Balaban J connectivity index is 2.15. The predicted octanol–water partition coefficient (Wildman–Crippen LogP) is 5.25. The van der Waals surface area contributed by atoms with E-state index in [2.05, 4.69) is 44.3 Å². The fraction of sp³-hybridized carbons (Fsp3) is 0.294. The molecule has 2 aromatic rings. The number of hydrogen-bond donors (Lipinski definition) is 1. The van der Waals surface area contributed by atoms with Gasteiger partial charge in [-0.2, -0.15) is 0 Å². The summed E-state index contributed by atoms with van der Waals surface area (Å²) in [4.78, 5) is 0. The van der Waals surface area contributed by atoms with E-state index in [0.29, 0.717) is 0 Å². The molecule has 0 unspecified atom stereocenters. The third kappa shape index (κ3) is 4.00. The molecule has 0 amide bonds. The van der Waals surface area contributed by atoms with Crippen molar-refractivity contribution in [1.82, 2.24) is 0 Å². The van der Waals surface area contributed by atoms with Crippen molar-refractivity contribution in [3.05, 3.63) is 64.7 Å². The molecule has 0 heterocycles. The maximum Gasteiger partial charge on any atom is 0.0412 e. The van der Waals surface area contributed by atoms with Crippen LogP contribution in [0.25, 0.3) is 0 Å². The zero-order valence-corrected chi connectivity index (χ0v) is 12.5. The topological polar surface area (TPSA) is 12.0 Å². The van der Waals surface area contributed by atoms with Crippen LogP contribution in [0.1, 0.15) is 31.9 Å². The highest BCUT2D eigenvalue weighted by molar-refractivity contribution is 6.30. The van der Waals surface area contributed by atoms with Crippen molar-refractivity contribution >= 4 is 17.3 Å². The van der Waals surface area contributed by atoms with Crippen LogP contribution in [0.3, 0.4) is 0 Å². The molecule has 2 heteroatoms. The van der Waals surface area contributed by atoms with Gasteiger partial charge < -0.3 is 5.32 Å². The zero-order chi connectivity index (χ0) is 13.9. The molecule has 1 nitrogen and oxygen atoms in total. The molecule has 100 valence electrons. The van der Waals surface area contributed by atoms with Gasteiger partial charge in [0, 0.05) is 17.3 Å². The van der Waals surface area contributed by atoms with Crippen molar-refractivity contribution in [2.75, 3.05) is 5.32 Å². The van der Waals surface area contributed by atoms with E-state index in [1.807, 2.05) is 30.3 Å². The van der Waals surface area contributed by atoms with Gasteiger partial charge in [0.1, 0.15) is 0 Å². The average Bonchev–Trinajstić information content (AvgIpc) is 2.36. The predicted molar refractivity (Wildman–Crippen MR) is 83.9 cm³/mol. The van der Waals surface area contributed by atoms with Crippen LogP contribution in [0.4, 0.5) is 5.69 Å². The summed E-state index contributed by atoms with van der Waals surface area (Å²) in [5, 5.41) is 4.21. The summed E-state index contributed by atoms with van der Waals surface area (Å²) >= 11 is 6.21. The zero-order valence-electron chi connectivity index (χ0n) is 11.7. The number of halogens is 1. The van der Waals surface area contributed by atoms with Crippen LogP contribution < -0.4 is 5.32 Å². The van der Waals surface area contributed by atoms with Crippen LogP contribution in [-0.4, -0.2) is 0 Å². The highest BCUT2D eigenvalue weighted by Gasteiger charge is 2.14. The number of nitrogens with one attached hydrogen (secondary N) is 1. The number of hydrogen-bond acceptors (Lipinski definition) is 1. The molecule has 0 atom stereocenters. The first-order valence-corrected chi connectivity index (χ1v) is 6.92. The van der Waals surface area contributed by atoms with Gasteiger partial charge in [-0.25, -0.2) is 0 Å². The Hall–Kier alpha value is -1.47. The normalized spacial score (nSPS) is 11.4. The monoisotopic (exact) mass is 273 g/mol. The van der Waals surface area contributed by atoms with E-state index < -0.39 is 0 Å². The molecule has 19 heavy (non-hydrogen) atoms. The lowest BCUT2D eigenvalue weighted by Gasteiger charge is -2.20. The minimum Gasteiger partial charge on any atom is -0.381 e. The van der Waals surface area contributed by atoms with E-state index in [-0.39, 0.29) is 5.41 Å². The molecule has 0 aromatic heterocycles. The smallest absolute Gasteiger partial charge is 0.0412 e. The minimum absolute atomic E-state index is 0.117. The SMILES string of the molecule is CC(C)(C)c1cc(Cl)cc(CNc2ccccc2)c1. The molecular weight excluding hydrogens is 254 g/mol. The molecule has 0 bridgehead atoms. The lowest BCUT2D eigenvalue weighted by molar-refractivity contribution is 0.589. The van der Waals surface area contributed by atoms with Crippen molar-refractivity contribution < 1.29 is 0 Å². The van der Waals surface area contributed by atoms with Crippen LogP contribution >= 0.6 is 11.6 Å². The summed E-state index contributed by atoms with van der Waals surface area (Å²) < 4.78 is 0. The van der Waals surface area contributed by atoms with Gasteiger partial charge in [-0.3, -0.25) is 0 Å². The average molecular weight is 274 g/mol. The van der Waals surface area contributed by atoms with Gasteiger partial charge in [0.2, 0.25) is 0 Å². The first kappa shape index (κ1) is 14.0. The molecule has 2 aromatic carbocycles. The largest absolute Gasteiger partial charge is 0.381 e. The molecule has 2 rings (SSSR count). The fourth-order valence-corrected chi connectivity index (χ4v) is 2.20. The van der Waals surface area contributed by atoms with Crippen molar-refractivity contribution in [2.24, 2.45) is 0 Å². The molecule has 0 aliphatic heterocycles. The minimum atomic E-state index is 0.117. The Labute approximate surface area is 120 Å². The van der Waals surface area contributed by atoms with Gasteiger partial charge in [-0.05, 0) is 40.8 Å². The fourth-order valence-electron chi connectivity index (χ4n) is 1.95. The van der Waals surface area contributed by atoms with Crippen LogP contribution in [0, 0.1) is 0 Å². The Kier molecular flexibility index (Phi) is 4.16. The first-order chi connectivity index (χ1) is 8.95. The summed E-state index contributed by atoms with van der Waals surface area (Å²) in [7, 11) is 0. The molecule has 0 aliphatic rings. The molecule has 0 saturated heterocycles. The highest BCUT2D eigenvalue weighted by atomic mass is 35.5. The number of rotatable bonds is 3. The van der Waals surface area contributed by atoms with Gasteiger partial charge in [0.15, 0.2) is 0 Å². The third-order valence-corrected chi connectivity index (χ3v) is 3.31. The maximum atomic E-state index is 6.21. The quantitative estimate of drug-likeness (QED) is 0.805. The highest BCUT2D eigenvalue weighted by Crippen LogP contribution is 2.26. The van der Waals surface area contributed by atoms with E-state index in [1.54, 1.807) is 0 Å². The van der Waals surface area contributed by atoms with Crippen LogP contribution in [0.2, 0.25) is 5.02 Å². The lowest BCUT2D eigenvalue weighted by atomic mass is 9.86. The van der Waals surface area contributed by atoms with E-state index in [1.165, 1.54) is 11.1 Å². The molecule has 1 N–H and O–H groups in total. The van der Waals surface area contributed by atoms with Crippen LogP contribution in [0.15, 0.2) is 48.5 Å². The lowest BCUT2D eigenvalue weighted by Crippen LogP contribution is -2.12. The Morgan fingerprint density at radius 2 is 1.68 bits per heavy atom. The molecule has 0 fully saturated rings. The third-order valence-electron chi connectivity index (χ3n) is 3.09. The number of para-hydroxylation sites is 1. The van der Waals surface area contributed by atoms with E-state index in [0.717, 1.165) is 17.3 Å². The Morgan fingerprint density at radius 3 is 2.32 bits per heavy atom. The van der Waals surface area contributed by atoms with Crippen molar-refractivity contribution in [3.63, 3.8) is 0 Å². The summed E-state index contributed by atoms with van der Waals surface area (Å²) in [6.45, 7) is 7.39. The van der Waals surface area contributed by atoms with E-state index in [9.17, 15) is 0 Å². The first-order valence-electron chi connectivity index (χ1n) is 6.54. The summed E-state index contributed by atoms with van der Waals surface area (Å²) in [6.07, 6.45) is 0. The second-order valence-corrected chi connectivity index (χ2v) is 6.25. The van der Waals surface area contributed by atoms with Gasteiger partial charge >= 0.3 is 0 Å². The molecular formula is C17H20ClN. The van der Waals surface area contributed by atoms with Crippen molar-refractivity contribution in [1.29, 1.82) is 0 Å². The Morgan fingerprint density at radius 1 is 1.00 bits per heavy atom. The molecule has 0 saturated carbocycles. The van der Waals surface area contributed by atoms with Gasteiger partial charge in [0.25, 0.3) is 0 Å². The second-order valence-electron chi connectivity index (χ2n) is 5.82. The van der Waals surface area contributed by atoms with Gasteiger partial charge in [-0.1, -0.05) is 56.6 Å². The van der Waals surface area contributed by atoms with Crippen molar-refractivity contribution in [2.45, 2.75) is 32.7 Å². The molecule has 0 spiro atoms. The molecule has 0 aliphatic carbocycles. The van der Waals surface area contributed by atoms with Crippen molar-refractivity contribution in [3.8, 4) is 0 Å². The van der Waals surface area contributed by atoms with Crippen LogP contribution in [-0.2, 0) is 12.0 Å². The molecule has 0 radical (unpaired) electrons. The van der Waals surface area contributed by atoms with E-state index in [4.69, 9.17) is 11.6 Å².